The molecule has 0 radical (unpaired) electrons. The highest BCUT2D eigenvalue weighted by Crippen LogP contribution is 2.34. The Hall–Kier alpha value is -3.22. The van der Waals surface area contributed by atoms with Crippen LogP contribution in [0.5, 0.6) is 0 Å². The zero-order chi connectivity index (χ0) is 24.5. The van der Waals surface area contributed by atoms with Crippen LogP contribution in [0.15, 0.2) is 53.7 Å². The molecule has 4 rings (SSSR count). The summed E-state index contributed by atoms with van der Waals surface area (Å²) in [6, 6.07) is 11.5. The van der Waals surface area contributed by atoms with Gasteiger partial charge in [-0.05, 0) is 36.4 Å². The lowest BCUT2D eigenvalue weighted by atomic mass is 10.1. The average Bonchev–Trinajstić information content (AvgIpc) is 3.40. The molecule has 0 unspecified atom stereocenters. The highest BCUT2D eigenvalue weighted by atomic mass is 35.5. The van der Waals surface area contributed by atoms with E-state index in [-0.39, 0.29) is 27.4 Å². The predicted molar refractivity (Wildman–Crippen MR) is 124 cm³/mol. The molecule has 8 nitrogen and oxygen atoms in total. The summed E-state index contributed by atoms with van der Waals surface area (Å²) in [5.74, 6) is 5.55. The summed E-state index contributed by atoms with van der Waals surface area (Å²) < 4.78 is 39.9. The molecule has 2 aromatic carbocycles. The van der Waals surface area contributed by atoms with Crippen LogP contribution in [0.3, 0.4) is 0 Å². The Morgan fingerprint density at radius 2 is 1.85 bits per heavy atom. The van der Waals surface area contributed by atoms with Gasteiger partial charge in [0.05, 0.1) is 27.7 Å². The van der Waals surface area contributed by atoms with Crippen LogP contribution in [0, 0.1) is 0 Å². The first-order chi connectivity index (χ1) is 16.1. The summed E-state index contributed by atoms with van der Waals surface area (Å²) in [5, 5.41) is 18.2. The number of H-pyrrole nitrogens is 1. The van der Waals surface area contributed by atoms with Gasteiger partial charge in [-0.15, -0.1) is 10.2 Å². The van der Waals surface area contributed by atoms with Gasteiger partial charge in [0, 0.05) is 10.6 Å². The standard InChI is InChI=1S/C20H14Cl2F3N7OS/c21-12-4-1-10(2-5-12)14-8-16(29-28-14)18-30-31-19(32(18)26)34-9-17(33)27-15-7-11(20(23,24)25)3-6-13(15)22/h1-8H,9,26H2,(H,27,33)(H,28,29). The number of amides is 1. The minimum atomic E-state index is -4.56. The summed E-state index contributed by atoms with van der Waals surface area (Å²) in [6.45, 7) is 0. The molecule has 0 aliphatic heterocycles. The van der Waals surface area contributed by atoms with E-state index in [4.69, 9.17) is 29.0 Å². The van der Waals surface area contributed by atoms with Crippen molar-refractivity contribution in [2.75, 3.05) is 16.9 Å². The molecule has 0 saturated carbocycles. The largest absolute Gasteiger partial charge is 0.416 e. The van der Waals surface area contributed by atoms with Gasteiger partial charge in [-0.1, -0.05) is 47.1 Å². The number of halogens is 5. The van der Waals surface area contributed by atoms with Crippen molar-refractivity contribution < 1.29 is 18.0 Å². The topological polar surface area (TPSA) is 115 Å². The van der Waals surface area contributed by atoms with Crippen LogP contribution in [0.4, 0.5) is 18.9 Å². The van der Waals surface area contributed by atoms with E-state index >= 15 is 0 Å². The van der Waals surface area contributed by atoms with Crippen LogP contribution in [-0.2, 0) is 11.0 Å². The van der Waals surface area contributed by atoms with Crippen LogP contribution in [0.25, 0.3) is 22.8 Å². The van der Waals surface area contributed by atoms with Crippen LogP contribution in [0.1, 0.15) is 5.56 Å². The quantitative estimate of drug-likeness (QED) is 0.237. The number of aromatic amines is 1. The fourth-order valence-corrected chi connectivity index (χ4v) is 3.82. The molecule has 1 amide bonds. The number of thioether (sulfide) groups is 1. The van der Waals surface area contributed by atoms with Crippen molar-refractivity contribution in [3.8, 4) is 22.8 Å². The Kier molecular flexibility index (Phi) is 6.73. The van der Waals surface area contributed by atoms with Gasteiger partial charge in [0.25, 0.3) is 0 Å². The summed E-state index contributed by atoms with van der Waals surface area (Å²) in [5.41, 5.74) is 0.885. The first kappa shape index (κ1) is 23.9. The third-order valence-corrected chi connectivity index (χ3v) is 6.05. The number of rotatable bonds is 6. The lowest BCUT2D eigenvalue weighted by Gasteiger charge is -2.11. The van der Waals surface area contributed by atoms with E-state index in [2.05, 4.69) is 25.7 Å². The third kappa shape index (κ3) is 5.29. The van der Waals surface area contributed by atoms with Crippen molar-refractivity contribution in [1.29, 1.82) is 0 Å². The van der Waals surface area contributed by atoms with Gasteiger partial charge >= 0.3 is 6.18 Å². The number of nitrogens with zero attached hydrogens (tertiary/aromatic N) is 4. The van der Waals surface area contributed by atoms with E-state index in [1.807, 2.05) is 12.1 Å². The van der Waals surface area contributed by atoms with E-state index in [0.29, 0.717) is 16.4 Å². The van der Waals surface area contributed by atoms with Gasteiger partial charge in [0.15, 0.2) is 0 Å². The van der Waals surface area contributed by atoms with Crippen LogP contribution in [0.2, 0.25) is 10.0 Å². The average molecular weight is 528 g/mol. The number of nitrogens with one attached hydrogen (secondary N) is 2. The second-order valence-corrected chi connectivity index (χ2v) is 8.67. The van der Waals surface area contributed by atoms with Crippen molar-refractivity contribution >= 4 is 46.6 Å². The zero-order valence-electron chi connectivity index (χ0n) is 16.9. The Bertz CT molecular complexity index is 1340. The second-order valence-electron chi connectivity index (χ2n) is 6.88. The van der Waals surface area contributed by atoms with E-state index < -0.39 is 17.6 Å². The number of alkyl halides is 3. The van der Waals surface area contributed by atoms with E-state index in [1.54, 1.807) is 18.2 Å². The number of hydrogen-bond donors (Lipinski definition) is 3. The van der Waals surface area contributed by atoms with Gasteiger partial charge in [-0.3, -0.25) is 9.89 Å². The lowest BCUT2D eigenvalue weighted by Crippen LogP contribution is -2.17. The van der Waals surface area contributed by atoms with E-state index in [1.165, 1.54) is 4.68 Å². The molecule has 176 valence electrons. The molecule has 0 atom stereocenters. The molecule has 4 aromatic rings. The van der Waals surface area contributed by atoms with Gasteiger partial charge in [0.2, 0.25) is 16.9 Å². The Morgan fingerprint density at radius 3 is 2.56 bits per heavy atom. The van der Waals surface area contributed by atoms with Crippen molar-refractivity contribution in [2.24, 2.45) is 0 Å². The van der Waals surface area contributed by atoms with Gasteiger partial charge < -0.3 is 11.2 Å². The Balaban J connectivity index is 1.42. The van der Waals surface area contributed by atoms with Crippen LogP contribution < -0.4 is 11.2 Å². The summed E-state index contributed by atoms with van der Waals surface area (Å²) in [7, 11) is 0. The predicted octanol–water partition coefficient (Wildman–Crippen LogP) is 5.11. The summed E-state index contributed by atoms with van der Waals surface area (Å²) >= 11 is 12.8. The normalized spacial score (nSPS) is 11.6. The molecule has 14 heteroatoms. The number of carbonyl (C=O) groups excluding carboxylic acids is 1. The Labute approximate surface area is 204 Å². The fraction of sp³-hybridized carbons (Fsp3) is 0.100. The highest BCUT2D eigenvalue weighted by molar-refractivity contribution is 7.99. The maximum Gasteiger partial charge on any atom is 0.416 e. The molecule has 2 heterocycles. The highest BCUT2D eigenvalue weighted by Gasteiger charge is 2.31. The second kappa shape index (κ2) is 9.57. The molecular weight excluding hydrogens is 514 g/mol. The van der Waals surface area contributed by atoms with Gasteiger partial charge in [-0.25, -0.2) is 4.68 Å². The maximum atomic E-state index is 12.9. The minimum absolute atomic E-state index is 0.0219. The van der Waals surface area contributed by atoms with Crippen molar-refractivity contribution in [2.45, 2.75) is 11.3 Å². The number of anilines is 1. The number of hydrogen-bond acceptors (Lipinski definition) is 6. The monoisotopic (exact) mass is 527 g/mol. The number of carbonyl (C=O) groups is 1. The van der Waals surface area contributed by atoms with Crippen molar-refractivity contribution in [3.05, 3.63) is 64.1 Å². The number of nitrogens with two attached hydrogens (primary N) is 1. The molecule has 0 spiro atoms. The smallest absolute Gasteiger partial charge is 0.335 e. The van der Waals surface area contributed by atoms with Crippen LogP contribution >= 0.6 is 35.0 Å². The van der Waals surface area contributed by atoms with Crippen molar-refractivity contribution in [1.82, 2.24) is 25.1 Å². The van der Waals surface area contributed by atoms with E-state index in [0.717, 1.165) is 35.5 Å². The number of nitrogen functional groups attached to an aromatic ring is 1. The number of benzene rings is 2. The summed E-state index contributed by atoms with van der Waals surface area (Å²) in [4.78, 5) is 12.3. The first-order valence-electron chi connectivity index (χ1n) is 9.43. The molecule has 4 N–H and O–H groups in total. The first-order valence-corrected chi connectivity index (χ1v) is 11.2. The molecule has 0 bridgehead atoms. The third-order valence-electron chi connectivity index (χ3n) is 4.52. The van der Waals surface area contributed by atoms with Crippen molar-refractivity contribution in [3.63, 3.8) is 0 Å². The van der Waals surface area contributed by atoms with Gasteiger partial charge in [0.1, 0.15) is 5.69 Å². The SMILES string of the molecule is Nn1c(SCC(=O)Nc2cc(C(F)(F)F)ccc2Cl)nnc1-c1cc(-c2ccc(Cl)cc2)n[nH]1. The molecular formula is C20H14Cl2F3N7OS. The molecule has 0 aliphatic carbocycles. The lowest BCUT2D eigenvalue weighted by molar-refractivity contribution is -0.137. The zero-order valence-corrected chi connectivity index (χ0v) is 19.2. The summed E-state index contributed by atoms with van der Waals surface area (Å²) in [6.07, 6.45) is -4.56. The molecule has 0 aliphatic rings. The Morgan fingerprint density at radius 1 is 1.12 bits per heavy atom. The van der Waals surface area contributed by atoms with Gasteiger partial charge in [-0.2, -0.15) is 18.3 Å². The molecule has 0 fully saturated rings. The minimum Gasteiger partial charge on any atom is -0.335 e. The molecule has 0 saturated heterocycles. The van der Waals surface area contributed by atoms with Crippen LogP contribution in [-0.4, -0.2) is 36.7 Å². The van der Waals surface area contributed by atoms with E-state index in [9.17, 15) is 18.0 Å². The maximum absolute atomic E-state index is 12.9. The number of aromatic nitrogens is 5. The molecule has 34 heavy (non-hydrogen) atoms. The fourth-order valence-electron chi connectivity index (χ4n) is 2.88. The molecule has 2 aromatic heterocycles.